The minimum absolute atomic E-state index is 0.143. The van der Waals surface area contributed by atoms with Crippen LogP contribution in [0.5, 0.6) is 5.75 Å². The molecule has 10 heteroatoms. The lowest BCUT2D eigenvalue weighted by Crippen LogP contribution is -2.40. The number of carbonyl (C=O) groups excluding carboxylic acids is 1. The molecule has 9 nitrogen and oxygen atoms in total. The number of methoxy groups -OCH3 is 1. The first-order valence-corrected chi connectivity index (χ1v) is 13.3. The first kappa shape index (κ1) is 26.9. The third-order valence-corrected chi connectivity index (χ3v) is 7.29. The van der Waals surface area contributed by atoms with Gasteiger partial charge in [-0.05, 0) is 62.7 Å². The molecule has 0 aliphatic carbocycles. The van der Waals surface area contributed by atoms with Gasteiger partial charge in [0.1, 0.15) is 17.3 Å². The van der Waals surface area contributed by atoms with Crippen LogP contribution in [0.15, 0.2) is 86.1 Å². The molecule has 40 heavy (non-hydrogen) atoms. The highest BCUT2D eigenvalue weighted by Gasteiger charge is 2.33. The third kappa shape index (κ3) is 5.13. The Morgan fingerprint density at radius 3 is 2.55 bits per heavy atom. The maximum absolute atomic E-state index is 13.8. The second-order valence-corrected chi connectivity index (χ2v) is 10.4. The van der Waals surface area contributed by atoms with E-state index in [0.29, 0.717) is 43.4 Å². The molecule has 1 aliphatic heterocycles. The van der Waals surface area contributed by atoms with E-state index >= 15 is 0 Å². The van der Waals surface area contributed by atoms with Crippen LogP contribution < -0.4 is 19.6 Å². The number of thiazole rings is 1. The largest absolute Gasteiger partial charge is 0.497 e. The minimum Gasteiger partial charge on any atom is -0.497 e. The predicted octanol–water partition coefficient (Wildman–Crippen LogP) is 4.15. The number of aromatic nitrogens is 1. The third-order valence-electron chi connectivity index (χ3n) is 6.31. The summed E-state index contributed by atoms with van der Waals surface area (Å²) in [6.45, 7) is 5.26. The van der Waals surface area contributed by atoms with Crippen LogP contribution >= 0.6 is 11.3 Å². The summed E-state index contributed by atoms with van der Waals surface area (Å²) in [4.78, 5) is 43.4. The number of fused-ring (bicyclic) bond motifs is 1. The summed E-state index contributed by atoms with van der Waals surface area (Å²) < 4.78 is 18.6. The van der Waals surface area contributed by atoms with E-state index in [1.807, 2.05) is 12.1 Å². The highest BCUT2D eigenvalue weighted by molar-refractivity contribution is 7.07. The van der Waals surface area contributed by atoms with Crippen LogP contribution in [0, 0.1) is 0 Å². The first-order chi connectivity index (χ1) is 19.2. The monoisotopic (exact) mass is 558 g/mol. The minimum atomic E-state index is -1.03. The number of benzene rings is 2. The maximum Gasteiger partial charge on any atom is 0.338 e. The van der Waals surface area contributed by atoms with Crippen LogP contribution in [0.3, 0.4) is 0 Å². The summed E-state index contributed by atoms with van der Waals surface area (Å²) >= 11 is 1.19. The number of carboxylic acids is 1. The van der Waals surface area contributed by atoms with Gasteiger partial charge in [-0.25, -0.2) is 14.6 Å². The van der Waals surface area contributed by atoms with Crippen LogP contribution in [0.4, 0.5) is 0 Å². The Balaban J connectivity index is 1.61. The van der Waals surface area contributed by atoms with Gasteiger partial charge in [0.2, 0.25) is 0 Å². The zero-order valence-electron chi connectivity index (χ0n) is 22.2. The van der Waals surface area contributed by atoms with Crippen LogP contribution in [-0.2, 0) is 9.53 Å². The number of rotatable bonds is 7. The summed E-state index contributed by atoms with van der Waals surface area (Å²) in [6, 6.07) is 16.3. The number of nitrogens with zero attached hydrogens (tertiary/aromatic N) is 2. The van der Waals surface area contributed by atoms with E-state index in [1.165, 1.54) is 28.0 Å². The molecule has 204 valence electrons. The van der Waals surface area contributed by atoms with E-state index in [-0.39, 0.29) is 22.8 Å². The molecule has 3 heterocycles. The van der Waals surface area contributed by atoms with Gasteiger partial charge in [-0.15, -0.1) is 0 Å². The van der Waals surface area contributed by atoms with Gasteiger partial charge in [0, 0.05) is 11.6 Å². The Labute approximate surface area is 232 Å². The van der Waals surface area contributed by atoms with Gasteiger partial charge in [-0.1, -0.05) is 35.6 Å². The number of hydrogen-bond acceptors (Lipinski definition) is 8. The van der Waals surface area contributed by atoms with Crippen molar-refractivity contribution in [2.75, 3.05) is 7.11 Å². The van der Waals surface area contributed by atoms with Crippen molar-refractivity contribution in [2.24, 2.45) is 4.99 Å². The van der Waals surface area contributed by atoms with E-state index in [9.17, 15) is 19.5 Å². The van der Waals surface area contributed by atoms with Crippen molar-refractivity contribution < 1.29 is 28.6 Å². The number of carbonyl (C=O) groups is 2. The standard InChI is InChI=1S/C30H26N2O7S/c1-16(2)38-29(36)25-17(3)31-30-32(26(25)18-8-10-21(37-4)11-9-18)27(33)24(40-30)15-22-12-13-23(39-22)19-6-5-7-20(14-19)28(34)35/h5-16,26H,1-4H3,(H,34,35)/t26-/m0/s1. The average Bonchev–Trinajstić information content (AvgIpc) is 3.52. The van der Waals surface area contributed by atoms with E-state index in [1.54, 1.807) is 70.4 Å². The van der Waals surface area contributed by atoms with Gasteiger partial charge in [0.25, 0.3) is 5.56 Å². The van der Waals surface area contributed by atoms with Crippen molar-refractivity contribution in [2.45, 2.75) is 32.9 Å². The molecule has 1 atom stereocenters. The maximum atomic E-state index is 13.8. The van der Waals surface area contributed by atoms with Gasteiger partial charge < -0.3 is 19.0 Å². The molecule has 4 aromatic rings. The molecule has 2 aromatic carbocycles. The van der Waals surface area contributed by atoms with E-state index < -0.39 is 18.0 Å². The SMILES string of the molecule is COc1ccc([C@H]2C(C(=O)OC(C)C)=C(C)N=c3sc(=Cc4ccc(-c5cccc(C(=O)O)c5)o4)c(=O)n32)cc1. The lowest BCUT2D eigenvalue weighted by Gasteiger charge is -2.25. The Kier molecular flexibility index (Phi) is 7.27. The van der Waals surface area contributed by atoms with Crippen molar-refractivity contribution in [3.8, 4) is 17.1 Å². The van der Waals surface area contributed by atoms with E-state index in [2.05, 4.69) is 4.99 Å². The number of hydrogen-bond donors (Lipinski definition) is 1. The smallest absolute Gasteiger partial charge is 0.338 e. The normalized spacial score (nSPS) is 15.1. The van der Waals surface area contributed by atoms with Crippen molar-refractivity contribution in [3.05, 3.63) is 109 Å². The van der Waals surface area contributed by atoms with Crippen LogP contribution in [0.2, 0.25) is 0 Å². The van der Waals surface area contributed by atoms with Gasteiger partial charge in [-0.3, -0.25) is 9.36 Å². The number of allylic oxidation sites excluding steroid dienone is 1. The number of aromatic carboxylic acids is 1. The van der Waals surface area contributed by atoms with Crippen LogP contribution in [0.1, 0.15) is 48.5 Å². The average molecular weight is 559 g/mol. The number of esters is 1. The summed E-state index contributed by atoms with van der Waals surface area (Å²) in [6.07, 6.45) is 1.27. The highest BCUT2D eigenvalue weighted by Crippen LogP contribution is 2.32. The van der Waals surface area contributed by atoms with E-state index in [0.717, 1.165) is 0 Å². The molecule has 0 radical (unpaired) electrons. The Hall–Kier alpha value is -4.70. The van der Waals surface area contributed by atoms with Crippen LogP contribution in [0.25, 0.3) is 17.4 Å². The number of furan rings is 1. The second kappa shape index (κ2) is 10.8. The Bertz CT molecular complexity index is 1820. The van der Waals surface area contributed by atoms with Crippen molar-refractivity contribution in [1.29, 1.82) is 0 Å². The Morgan fingerprint density at radius 2 is 1.88 bits per heavy atom. The molecule has 1 aliphatic rings. The lowest BCUT2D eigenvalue weighted by atomic mass is 9.96. The molecule has 1 N–H and O–H groups in total. The second-order valence-electron chi connectivity index (χ2n) is 9.40. The fraction of sp³-hybridized carbons (Fsp3) is 0.200. The molecule has 0 saturated carbocycles. The summed E-state index contributed by atoms with van der Waals surface area (Å²) in [5.74, 6) is -0.0469. The topological polar surface area (TPSA) is 120 Å². The molecule has 5 rings (SSSR count). The van der Waals surface area contributed by atoms with Gasteiger partial charge >= 0.3 is 11.9 Å². The molecule has 0 saturated heterocycles. The Morgan fingerprint density at radius 1 is 1.12 bits per heavy atom. The summed E-state index contributed by atoms with van der Waals surface area (Å²) in [5, 5.41) is 9.29. The van der Waals surface area contributed by atoms with Gasteiger partial charge in [-0.2, -0.15) is 0 Å². The molecule has 2 aromatic heterocycles. The fourth-order valence-corrected chi connectivity index (χ4v) is 5.51. The van der Waals surface area contributed by atoms with Gasteiger partial charge in [0.05, 0.1) is 40.6 Å². The molecular formula is C30H26N2O7S. The first-order valence-electron chi connectivity index (χ1n) is 12.5. The summed E-state index contributed by atoms with van der Waals surface area (Å²) in [7, 11) is 1.57. The molecule has 0 spiro atoms. The number of ether oxygens (including phenoxy) is 2. The fourth-order valence-electron chi connectivity index (χ4n) is 4.48. The molecule has 0 unspecified atom stereocenters. The van der Waals surface area contributed by atoms with Crippen molar-refractivity contribution >= 4 is 29.4 Å². The quantitative estimate of drug-likeness (QED) is 0.338. The zero-order chi connectivity index (χ0) is 28.6. The zero-order valence-corrected chi connectivity index (χ0v) is 23.0. The molecule has 0 bridgehead atoms. The van der Waals surface area contributed by atoms with Crippen molar-refractivity contribution in [1.82, 2.24) is 4.57 Å². The number of carboxylic acid groups (broad SMARTS) is 1. The highest BCUT2D eigenvalue weighted by atomic mass is 32.1. The van der Waals surface area contributed by atoms with Gasteiger partial charge in [0.15, 0.2) is 4.80 Å². The molecule has 0 fully saturated rings. The van der Waals surface area contributed by atoms with E-state index in [4.69, 9.17) is 13.9 Å². The summed E-state index contributed by atoms with van der Waals surface area (Å²) in [5.41, 5.74) is 1.87. The van der Waals surface area contributed by atoms with Crippen molar-refractivity contribution in [3.63, 3.8) is 0 Å². The lowest BCUT2D eigenvalue weighted by molar-refractivity contribution is -0.143. The molecule has 0 amide bonds. The predicted molar refractivity (Wildman–Crippen MR) is 149 cm³/mol. The molecular weight excluding hydrogens is 532 g/mol. The van der Waals surface area contributed by atoms with Crippen LogP contribution in [-0.4, -0.2) is 34.8 Å².